The average molecular weight is 294 g/mol. The highest BCUT2D eigenvalue weighted by Crippen LogP contribution is 2.38. The molecule has 0 aliphatic rings. The zero-order chi connectivity index (χ0) is 15.1. The topological polar surface area (TPSA) is 64.3 Å². The normalized spacial score (nSPS) is 11.6. The molecule has 0 atom stereocenters. The van der Waals surface area contributed by atoms with E-state index in [-0.39, 0.29) is 5.82 Å². The van der Waals surface area contributed by atoms with Gasteiger partial charge in [0, 0.05) is 5.39 Å². The van der Waals surface area contributed by atoms with E-state index in [9.17, 15) is 9.18 Å². The van der Waals surface area contributed by atoms with Crippen molar-refractivity contribution in [3.8, 4) is 0 Å². The lowest BCUT2D eigenvalue weighted by Gasteiger charge is -2.19. The molecule has 7 heteroatoms. The lowest BCUT2D eigenvalue weighted by Crippen LogP contribution is -2.27. The number of hydrogen-bond acceptors (Lipinski definition) is 4. The summed E-state index contributed by atoms with van der Waals surface area (Å²) in [6.07, 6.45) is -0.603. The first kappa shape index (κ1) is 14.6. The SMILES string of the molecule is Bc1ccc(F)c2sc(NC(=O)OC(C)(C)C)c(N)c12. The molecule has 2 rings (SSSR count). The molecule has 20 heavy (non-hydrogen) atoms. The number of ether oxygens (including phenoxy) is 1. The predicted octanol–water partition coefficient (Wildman–Crippen LogP) is 2.23. The zero-order valence-electron chi connectivity index (χ0n) is 11.8. The summed E-state index contributed by atoms with van der Waals surface area (Å²) in [5.41, 5.74) is 6.63. The summed E-state index contributed by atoms with van der Waals surface area (Å²) in [6, 6.07) is 3.06. The fourth-order valence-electron chi connectivity index (χ4n) is 1.85. The number of hydrogen-bond donors (Lipinski definition) is 2. The average Bonchev–Trinajstić information content (AvgIpc) is 2.60. The van der Waals surface area contributed by atoms with Gasteiger partial charge in [0.2, 0.25) is 0 Å². The number of halogens is 1. The molecule has 2 aromatic rings. The Hall–Kier alpha value is -1.76. The van der Waals surface area contributed by atoms with Gasteiger partial charge < -0.3 is 10.5 Å². The van der Waals surface area contributed by atoms with Crippen molar-refractivity contribution in [3.05, 3.63) is 17.9 Å². The summed E-state index contributed by atoms with van der Waals surface area (Å²) in [5.74, 6) is -0.348. The Morgan fingerprint density at radius 3 is 2.65 bits per heavy atom. The van der Waals surface area contributed by atoms with Crippen molar-refractivity contribution in [3.63, 3.8) is 0 Å². The fourth-order valence-corrected chi connectivity index (χ4v) is 2.94. The molecule has 0 saturated carbocycles. The van der Waals surface area contributed by atoms with Crippen LogP contribution in [0.4, 0.5) is 19.9 Å². The number of carbonyl (C=O) groups excluding carboxylic acids is 1. The fraction of sp³-hybridized carbons (Fsp3) is 0.308. The lowest BCUT2D eigenvalue weighted by atomic mass is 9.92. The number of fused-ring (bicyclic) bond motifs is 1. The van der Waals surface area contributed by atoms with Crippen LogP contribution < -0.4 is 16.5 Å². The second-order valence-corrected chi connectivity index (χ2v) is 6.56. The predicted molar refractivity (Wildman–Crippen MR) is 84.2 cm³/mol. The number of rotatable bonds is 1. The van der Waals surface area contributed by atoms with Gasteiger partial charge in [0.05, 0.1) is 10.4 Å². The molecule has 0 bridgehead atoms. The van der Waals surface area contributed by atoms with Crippen molar-refractivity contribution in [1.82, 2.24) is 0 Å². The number of carbonyl (C=O) groups is 1. The summed E-state index contributed by atoms with van der Waals surface area (Å²) in [5, 5.41) is 3.62. The molecule has 1 amide bonds. The Morgan fingerprint density at radius 2 is 2.10 bits per heavy atom. The molecule has 4 nitrogen and oxygen atoms in total. The van der Waals surface area contributed by atoms with Crippen LogP contribution in [-0.4, -0.2) is 19.5 Å². The van der Waals surface area contributed by atoms with Crippen molar-refractivity contribution >= 4 is 51.5 Å². The summed E-state index contributed by atoms with van der Waals surface area (Å²) in [4.78, 5) is 11.8. The van der Waals surface area contributed by atoms with E-state index in [1.54, 1.807) is 26.8 Å². The maximum atomic E-state index is 13.8. The summed E-state index contributed by atoms with van der Waals surface area (Å²) in [6.45, 7) is 5.31. The quantitative estimate of drug-likeness (QED) is 0.793. The van der Waals surface area contributed by atoms with Crippen LogP contribution in [0.5, 0.6) is 0 Å². The molecule has 1 aromatic heterocycles. The first-order chi connectivity index (χ1) is 9.19. The Labute approximate surface area is 121 Å². The number of nitrogens with one attached hydrogen (secondary N) is 1. The van der Waals surface area contributed by atoms with E-state index in [1.165, 1.54) is 6.07 Å². The third-order valence-corrected chi connectivity index (χ3v) is 3.78. The van der Waals surface area contributed by atoms with E-state index >= 15 is 0 Å². The molecular weight excluding hydrogens is 278 g/mol. The first-order valence-electron chi connectivity index (χ1n) is 6.16. The van der Waals surface area contributed by atoms with Crippen LogP contribution in [0.15, 0.2) is 12.1 Å². The molecule has 0 aliphatic heterocycles. The second kappa shape index (κ2) is 4.97. The highest BCUT2D eigenvalue weighted by Gasteiger charge is 2.20. The number of amides is 1. The minimum Gasteiger partial charge on any atom is -0.444 e. The molecule has 0 unspecified atom stereocenters. The molecule has 0 radical (unpaired) electrons. The van der Waals surface area contributed by atoms with Gasteiger partial charge in [0.1, 0.15) is 24.3 Å². The van der Waals surface area contributed by atoms with Crippen LogP contribution in [0.3, 0.4) is 0 Å². The molecule has 0 aliphatic carbocycles. The van der Waals surface area contributed by atoms with Crippen molar-refractivity contribution < 1.29 is 13.9 Å². The van der Waals surface area contributed by atoms with Gasteiger partial charge in [-0.25, -0.2) is 9.18 Å². The number of nitrogens with two attached hydrogens (primary N) is 1. The van der Waals surface area contributed by atoms with Gasteiger partial charge in [-0.15, -0.1) is 11.3 Å². The summed E-state index contributed by atoms with van der Waals surface area (Å²) < 4.78 is 19.4. The molecule has 1 heterocycles. The molecule has 0 saturated heterocycles. The maximum absolute atomic E-state index is 13.8. The Balaban J connectivity index is 2.37. The number of benzene rings is 1. The molecular formula is C13H16BFN2O2S. The van der Waals surface area contributed by atoms with Gasteiger partial charge in [-0.2, -0.15) is 0 Å². The largest absolute Gasteiger partial charge is 0.444 e. The van der Waals surface area contributed by atoms with Crippen LogP contribution in [0.1, 0.15) is 20.8 Å². The van der Waals surface area contributed by atoms with Gasteiger partial charge >= 0.3 is 6.09 Å². The highest BCUT2D eigenvalue weighted by molar-refractivity contribution is 7.24. The van der Waals surface area contributed by atoms with E-state index in [4.69, 9.17) is 10.5 Å². The van der Waals surface area contributed by atoms with E-state index in [2.05, 4.69) is 5.32 Å². The number of thiophene rings is 1. The molecule has 0 fully saturated rings. The van der Waals surface area contributed by atoms with Gasteiger partial charge in [-0.1, -0.05) is 11.5 Å². The van der Waals surface area contributed by atoms with E-state index in [0.717, 1.165) is 16.8 Å². The van der Waals surface area contributed by atoms with Crippen molar-refractivity contribution in [2.24, 2.45) is 0 Å². The van der Waals surface area contributed by atoms with Crippen LogP contribution in [0.25, 0.3) is 10.1 Å². The van der Waals surface area contributed by atoms with Crippen molar-refractivity contribution in [2.75, 3.05) is 11.1 Å². The van der Waals surface area contributed by atoms with Gasteiger partial charge in [-0.05, 0) is 26.8 Å². The zero-order valence-corrected chi connectivity index (χ0v) is 12.7. The number of anilines is 2. The summed E-state index contributed by atoms with van der Waals surface area (Å²) in [7, 11) is 1.85. The molecule has 106 valence electrons. The van der Waals surface area contributed by atoms with Gasteiger partial charge in [0.25, 0.3) is 0 Å². The Kier molecular flexibility index (Phi) is 3.64. The number of nitrogen functional groups attached to an aromatic ring is 1. The third kappa shape index (κ3) is 2.87. The third-order valence-electron chi connectivity index (χ3n) is 2.65. The van der Waals surface area contributed by atoms with Crippen LogP contribution >= 0.6 is 11.3 Å². The van der Waals surface area contributed by atoms with Crippen molar-refractivity contribution in [2.45, 2.75) is 26.4 Å². The Bertz CT molecular complexity index is 679. The van der Waals surface area contributed by atoms with Crippen LogP contribution in [0, 0.1) is 5.82 Å². The van der Waals surface area contributed by atoms with Crippen LogP contribution in [-0.2, 0) is 4.74 Å². The highest BCUT2D eigenvalue weighted by atomic mass is 32.1. The minimum absolute atomic E-state index is 0.348. The maximum Gasteiger partial charge on any atom is 0.412 e. The van der Waals surface area contributed by atoms with Gasteiger partial charge in [-0.3, -0.25) is 5.32 Å². The smallest absolute Gasteiger partial charge is 0.412 e. The molecule has 1 aromatic carbocycles. The van der Waals surface area contributed by atoms with Gasteiger partial charge in [0.15, 0.2) is 0 Å². The lowest BCUT2D eigenvalue weighted by molar-refractivity contribution is 0.0636. The monoisotopic (exact) mass is 294 g/mol. The van der Waals surface area contributed by atoms with E-state index in [1.807, 2.05) is 7.85 Å². The molecule has 0 spiro atoms. The van der Waals surface area contributed by atoms with Crippen LogP contribution in [0.2, 0.25) is 0 Å². The molecule has 3 N–H and O–H groups in total. The van der Waals surface area contributed by atoms with E-state index < -0.39 is 11.7 Å². The Morgan fingerprint density at radius 1 is 1.45 bits per heavy atom. The summed E-state index contributed by atoms with van der Waals surface area (Å²) >= 11 is 1.11. The van der Waals surface area contributed by atoms with E-state index in [0.29, 0.717) is 20.8 Å². The van der Waals surface area contributed by atoms with Crippen molar-refractivity contribution in [1.29, 1.82) is 0 Å². The minimum atomic E-state index is -0.603. The standard InChI is InChI=1S/C13H16BFN2O2S/c1-13(2,3)19-12(18)17-11-9(16)8-6(14)4-5-7(15)10(8)20-11/h4-5H,14,16H2,1-3H3,(H,17,18). The first-order valence-corrected chi connectivity index (χ1v) is 6.98. The second-order valence-electron chi connectivity index (χ2n) is 5.54.